The van der Waals surface area contributed by atoms with Crippen LogP contribution in [0.4, 0.5) is 4.39 Å². The molecule has 2 aromatic carbocycles. The highest BCUT2D eigenvalue weighted by Crippen LogP contribution is 2.25. The van der Waals surface area contributed by atoms with Gasteiger partial charge in [0.1, 0.15) is 23.9 Å². The Labute approximate surface area is 149 Å². The molecule has 0 unspecified atom stereocenters. The number of nitrogens with zero attached hydrogens (tertiary/aromatic N) is 4. The Morgan fingerprint density at radius 1 is 1.15 bits per heavy atom. The molecule has 0 saturated heterocycles. The second-order valence-corrected chi connectivity index (χ2v) is 5.60. The van der Waals surface area contributed by atoms with Gasteiger partial charge in [-0.1, -0.05) is 0 Å². The summed E-state index contributed by atoms with van der Waals surface area (Å²) in [6, 6.07) is 9.48. The lowest BCUT2D eigenvalue weighted by Gasteiger charge is -2.09. The van der Waals surface area contributed by atoms with Crippen molar-refractivity contribution in [2.45, 2.75) is 13.5 Å². The average molecular weight is 356 g/mol. The second-order valence-electron chi connectivity index (χ2n) is 5.60. The summed E-state index contributed by atoms with van der Waals surface area (Å²) in [5.41, 5.74) is 1.51. The molecule has 26 heavy (non-hydrogen) atoms. The van der Waals surface area contributed by atoms with Gasteiger partial charge in [-0.2, -0.15) is 4.80 Å². The molecule has 3 rings (SSSR count). The van der Waals surface area contributed by atoms with Gasteiger partial charge in [0.2, 0.25) is 5.82 Å². The smallest absolute Gasteiger partial charge is 0.204 e. The summed E-state index contributed by atoms with van der Waals surface area (Å²) < 4.78 is 23.7. The minimum atomic E-state index is -0.303. The standard InChI is InChI=1S/C18H17FN4O3/c1-11-8-12(4-7-15(11)19)18-20-22-23(21-18)10-16(24)14-6-5-13(25-2)9-17(14)26-3/h4-9H,10H2,1-3H3. The normalized spacial score (nSPS) is 10.6. The zero-order valence-corrected chi connectivity index (χ0v) is 14.6. The van der Waals surface area contributed by atoms with E-state index in [9.17, 15) is 9.18 Å². The first kappa shape index (κ1) is 17.5. The highest BCUT2D eigenvalue weighted by atomic mass is 19.1. The van der Waals surface area contributed by atoms with Crippen LogP contribution in [-0.4, -0.2) is 40.2 Å². The number of carbonyl (C=O) groups excluding carboxylic acids is 1. The number of halogens is 1. The van der Waals surface area contributed by atoms with E-state index < -0.39 is 0 Å². The molecule has 0 bridgehead atoms. The maximum Gasteiger partial charge on any atom is 0.204 e. The average Bonchev–Trinajstić information content (AvgIpc) is 3.11. The van der Waals surface area contributed by atoms with Crippen LogP contribution in [0, 0.1) is 12.7 Å². The van der Waals surface area contributed by atoms with Crippen LogP contribution in [0.2, 0.25) is 0 Å². The maximum absolute atomic E-state index is 13.4. The van der Waals surface area contributed by atoms with Crippen molar-refractivity contribution in [2.24, 2.45) is 0 Å². The summed E-state index contributed by atoms with van der Waals surface area (Å²) in [6.07, 6.45) is 0. The third-order valence-corrected chi connectivity index (χ3v) is 3.86. The number of benzene rings is 2. The number of aromatic nitrogens is 4. The summed E-state index contributed by atoms with van der Waals surface area (Å²) in [5.74, 6) is 0.782. The Bertz CT molecular complexity index is 955. The van der Waals surface area contributed by atoms with Gasteiger partial charge in [0.25, 0.3) is 0 Å². The number of aryl methyl sites for hydroxylation is 1. The van der Waals surface area contributed by atoms with Crippen molar-refractivity contribution in [2.75, 3.05) is 14.2 Å². The van der Waals surface area contributed by atoms with E-state index in [1.54, 1.807) is 37.3 Å². The maximum atomic E-state index is 13.4. The summed E-state index contributed by atoms with van der Waals surface area (Å²) in [6.45, 7) is 1.55. The third-order valence-electron chi connectivity index (χ3n) is 3.86. The van der Waals surface area contributed by atoms with Crippen LogP contribution < -0.4 is 9.47 Å². The van der Waals surface area contributed by atoms with Gasteiger partial charge in [0.05, 0.1) is 19.8 Å². The van der Waals surface area contributed by atoms with Gasteiger partial charge in [-0.3, -0.25) is 4.79 Å². The summed E-state index contributed by atoms with van der Waals surface area (Å²) in [5, 5.41) is 12.0. The van der Waals surface area contributed by atoms with Crippen molar-refractivity contribution in [3.63, 3.8) is 0 Å². The monoisotopic (exact) mass is 356 g/mol. The molecule has 0 aliphatic rings. The first-order valence-corrected chi connectivity index (χ1v) is 7.81. The van der Waals surface area contributed by atoms with Gasteiger partial charge in [0, 0.05) is 11.6 Å². The molecule has 0 fully saturated rings. The van der Waals surface area contributed by atoms with Crippen LogP contribution in [0.3, 0.4) is 0 Å². The van der Waals surface area contributed by atoms with E-state index in [0.717, 1.165) is 0 Å². The fraction of sp³-hybridized carbons (Fsp3) is 0.222. The molecule has 0 spiro atoms. The van der Waals surface area contributed by atoms with E-state index >= 15 is 0 Å². The topological polar surface area (TPSA) is 79.1 Å². The Morgan fingerprint density at radius 3 is 2.65 bits per heavy atom. The number of ketones is 1. The Kier molecular flexibility index (Phi) is 4.92. The van der Waals surface area contributed by atoms with Crippen LogP contribution in [0.15, 0.2) is 36.4 Å². The van der Waals surface area contributed by atoms with Gasteiger partial charge in [-0.05, 0) is 48.0 Å². The number of methoxy groups -OCH3 is 2. The number of ether oxygens (including phenoxy) is 2. The molecule has 7 nitrogen and oxygen atoms in total. The fourth-order valence-electron chi connectivity index (χ4n) is 2.45. The van der Waals surface area contributed by atoms with Gasteiger partial charge < -0.3 is 9.47 Å². The second kappa shape index (κ2) is 7.30. The Balaban J connectivity index is 1.80. The van der Waals surface area contributed by atoms with E-state index in [0.29, 0.717) is 34.0 Å². The molecule has 1 aromatic heterocycles. The van der Waals surface area contributed by atoms with E-state index in [4.69, 9.17) is 9.47 Å². The molecule has 8 heteroatoms. The summed E-state index contributed by atoms with van der Waals surface area (Å²) in [4.78, 5) is 13.7. The molecule has 3 aromatic rings. The van der Waals surface area contributed by atoms with Crippen LogP contribution in [0.1, 0.15) is 15.9 Å². The minimum absolute atomic E-state index is 0.101. The van der Waals surface area contributed by atoms with Crippen molar-refractivity contribution in [3.05, 3.63) is 53.3 Å². The molecule has 0 saturated carbocycles. The van der Waals surface area contributed by atoms with Crippen molar-refractivity contribution >= 4 is 5.78 Å². The van der Waals surface area contributed by atoms with Crippen molar-refractivity contribution in [3.8, 4) is 22.9 Å². The number of rotatable bonds is 6. The lowest BCUT2D eigenvalue weighted by atomic mass is 10.1. The number of Topliss-reactive ketones (excluding diaryl/α,β-unsaturated/α-hetero) is 1. The lowest BCUT2D eigenvalue weighted by molar-refractivity contribution is 0.0958. The van der Waals surface area contributed by atoms with Crippen molar-refractivity contribution < 1.29 is 18.7 Å². The molecule has 0 radical (unpaired) electrons. The van der Waals surface area contributed by atoms with Crippen molar-refractivity contribution in [1.82, 2.24) is 20.2 Å². The summed E-state index contributed by atoms with van der Waals surface area (Å²) >= 11 is 0. The van der Waals surface area contributed by atoms with Gasteiger partial charge >= 0.3 is 0 Å². The SMILES string of the molecule is COc1ccc(C(=O)Cn2nnc(-c3ccc(F)c(C)c3)n2)c(OC)c1. The predicted octanol–water partition coefficient (Wildman–Crippen LogP) is 2.69. The Hall–Kier alpha value is -3.29. The first-order valence-electron chi connectivity index (χ1n) is 7.81. The fourth-order valence-corrected chi connectivity index (χ4v) is 2.45. The third kappa shape index (κ3) is 3.53. The van der Waals surface area contributed by atoms with Crippen LogP contribution in [0.5, 0.6) is 11.5 Å². The van der Waals surface area contributed by atoms with Crippen molar-refractivity contribution in [1.29, 1.82) is 0 Å². The molecule has 0 aliphatic carbocycles. The van der Waals surface area contributed by atoms with Gasteiger partial charge in [-0.15, -0.1) is 10.2 Å². The highest BCUT2D eigenvalue weighted by Gasteiger charge is 2.16. The molecular weight excluding hydrogens is 339 g/mol. The number of hydrogen-bond donors (Lipinski definition) is 0. The number of tetrazole rings is 1. The zero-order chi connectivity index (χ0) is 18.7. The summed E-state index contributed by atoms with van der Waals surface area (Å²) in [7, 11) is 3.02. The molecule has 0 aliphatic heterocycles. The Morgan fingerprint density at radius 2 is 1.96 bits per heavy atom. The minimum Gasteiger partial charge on any atom is -0.497 e. The predicted molar refractivity (Wildman–Crippen MR) is 91.8 cm³/mol. The molecule has 134 valence electrons. The first-order chi connectivity index (χ1) is 12.5. The molecule has 0 N–H and O–H groups in total. The van der Waals surface area contributed by atoms with Crippen LogP contribution >= 0.6 is 0 Å². The molecule has 0 atom stereocenters. The zero-order valence-electron chi connectivity index (χ0n) is 14.6. The molecular formula is C18H17FN4O3. The molecule has 0 amide bonds. The number of hydrogen-bond acceptors (Lipinski definition) is 6. The van der Waals surface area contributed by atoms with Crippen LogP contribution in [0.25, 0.3) is 11.4 Å². The largest absolute Gasteiger partial charge is 0.497 e. The van der Waals surface area contributed by atoms with Crippen LogP contribution in [-0.2, 0) is 6.54 Å². The van der Waals surface area contributed by atoms with E-state index in [1.165, 1.54) is 25.1 Å². The van der Waals surface area contributed by atoms with E-state index in [1.807, 2.05) is 0 Å². The van der Waals surface area contributed by atoms with E-state index in [-0.39, 0.29) is 18.1 Å². The van der Waals surface area contributed by atoms with E-state index in [2.05, 4.69) is 15.4 Å². The highest BCUT2D eigenvalue weighted by molar-refractivity contribution is 5.98. The lowest BCUT2D eigenvalue weighted by Crippen LogP contribution is -2.14. The quantitative estimate of drug-likeness (QED) is 0.632. The van der Waals surface area contributed by atoms with Gasteiger partial charge in [-0.25, -0.2) is 4.39 Å². The molecule has 1 heterocycles. The van der Waals surface area contributed by atoms with Gasteiger partial charge in [0.15, 0.2) is 5.78 Å². The number of carbonyl (C=O) groups is 1.